The lowest BCUT2D eigenvalue weighted by molar-refractivity contribution is -0.0696. The van der Waals surface area contributed by atoms with Gasteiger partial charge in [-0.15, -0.1) is 0 Å². The second kappa shape index (κ2) is 8.66. The summed E-state index contributed by atoms with van der Waals surface area (Å²) in [6.45, 7) is 2.19. The summed E-state index contributed by atoms with van der Waals surface area (Å²) < 4.78 is 69.5. The fourth-order valence-corrected chi connectivity index (χ4v) is 3.17. The Balaban J connectivity index is 1.94. The van der Waals surface area contributed by atoms with Gasteiger partial charge in [0.1, 0.15) is 11.6 Å². The molecule has 0 radical (unpaired) electrons. The highest BCUT2D eigenvalue weighted by molar-refractivity contribution is 5.39. The van der Waals surface area contributed by atoms with Crippen LogP contribution in [0.3, 0.4) is 0 Å². The zero-order valence-corrected chi connectivity index (χ0v) is 14.1. The molecule has 1 aromatic rings. The van der Waals surface area contributed by atoms with Crippen LogP contribution in [0, 0.1) is 29.4 Å². The van der Waals surface area contributed by atoms with Crippen LogP contribution < -0.4 is 0 Å². The van der Waals surface area contributed by atoms with E-state index >= 15 is 0 Å². The van der Waals surface area contributed by atoms with E-state index in [2.05, 4.69) is 6.92 Å². The Labute approximate surface area is 144 Å². The molecule has 1 aromatic carbocycles. The Bertz CT molecular complexity index is 610. The minimum atomic E-state index is -4.79. The predicted molar refractivity (Wildman–Crippen MR) is 84.7 cm³/mol. The fraction of sp³-hybridized carbons (Fsp3) is 0.579. The normalized spacial score (nSPS) is 20.9. The van der Waals surface area contributed by atoms with Gasteiger partial charge in [0.2, 0.25) is 0 Å². The van der Waals surface area contributed by atoms with Crippen LogP contribution in [0.15, 0.2) is 12.1 Å². The van der Waals surface area contributed by atoms with Crippen LogP contribution in [0.1, 0.15) is 56.6 Å². The van der Waals surface area contributed by atoms with Crippen molar-refractivity contribution < 1.29 is 26.7 Å². The number of hydrogen-bond donors (Lipinski definition) is 0. The zero-order valence-electron chi connectivity index (χ0n) is 14.1. The minimum absolute atomic E-state index is 0.0317. The highest BCUT2D eigenvalue weighted by atomic mass is 19.4. The van der Waals surface area contributed by atoms with E-state index in [9.17, 15) is 22.0 Å². The van der Waals surface area contributed by atoms with E-state index in [1.165, 1.54) is 18.8 Å². The molecular formula is C19H21F5O. The third kappa shape index (κ3) is 6.32. The summed E-state index contributed by atoms with van der Waals surface area (Å²) in [5, 5.41) is 0. The highest BCUT2D eigenvalue weighted by Crippen LogP contribution is 2.30. The first kappa shape index (κ1) is 19.7. The van der Waals surface area contributed by atoms with Crippen LogP contribution in [-0.4, -0.2) is 12.3 Å². The first-order chi connectivity index (χ1) is 11.8. The second-order valence-corrected chi connectivity index (χ2v) is 6.42. The molecule has 138 valence electrons. The first-order valence-electron chi connectivity index (χ1n) is 8.48. The molecule has 0 spiro atoms. The van der Waals surface area contributed by atoms with Gasteiger partial charge in [0.25, 0.3) is 0 Å². The first-order valence-corrected chi connectivity index (χ1v) is 8.48. The zero-order chi connectivity index (χ0) is 18.4. The van der Waals surface area contributed by atoms with Gasteiger partial charge < -0.3 is 4.74 Å². The number of hydrogen-bond acceptors (Lipinski definition) is 1. The monoisotopic (exact) mass is 360 g/mol. The molecule has 6 heteroatoms. The van der Waals surface area contributed by atoms with E-state index in [0.29, 0.717) is 0 Å². The molecule has 0 aliphatic heterocycles. The van der Waals surface area contributed by atoms with Gasteiger partial charge in [0.05, 0.1) is 18.3 Å². The molecule has 0 N–H and O–H groups in total. The van der Waals surface area contributed by atoms with Crippen molar-refractivity contribution in [2.24, 2.45) is 5.92 Å². The molecule has 1 saturated carbocycles. The third-order valence-corrected chi connectivity index (χ3v) is 4.41. The number of halogens is 5. The van der Waals surface area contributed by atoms with E-state index in [1.807, 2.05) is 0 Å². The maximum absolute atomic E-state index is 13.8. The fourth-order valence-electron chi connectivity index (χ4n) is 3.17. The van der Waals surface area contributed by atoms with Gasteiger partial charge in [-0.3, -0.25) is 0 Å². The van der Waals surface area contributed by atoms with E-state index in [0.717, 1.165) is 49.7 Å². The molecule has 0 bridgehead atoms. The number of benzene rings is 1. The average Bonchev–Trinajstić information content (AvgIpc) is 2.52. The molecule has 0 saturated heterocycles. The van der Waals surface area contributed by atoms with E-state index in [1.54, 1.807) is 0 Å². The number of ether oxygens (including phenoxy) is 1. The highest BCUT2D eigenvalue weighted by Gasteiger charge is 2.24. The number of rotatable bonds is 5. The van der Waals surface area contributed by atoms with Crippen LogP contribution in [0.2, 0.25) is 0 Å². The molecule has 1 aliphatic rings. The summed E-state index contributed by atoms with van der Waals surface area (Å²) in [5.74, 6) is 0.890. The van der Waals surface area contributed by atoms with Crippen molar-refractivity contribution in [3.8, 4) is 11.8 Å². The lowest BCUT2D eigenvalue weighted by Gasteiger charge is -2.28. The molecule has 1 nitrogen and oxygen atoms in total. The van der Waals surface area contributed by atoms with Crippen LogP contribution >= 0.6 is 0 Å². The van der Waals surface area contributed by atoms with Crippen LogP contribution in [0.25, 0.3) is 0 Å². The molecule has 1 aliphatic carbocycles. The van der Waals surface area contributed by atoms with Crippen molar-refractivity contribution in [2.45, 2.75) is 64.3 Å². The predicted octanol–water partition coefficient (Wildman–Crippen LogP) is 5.75. The molecule has 0 amide bonds. The Hall–Kier alpha value is -1.61. The average molecular weight is 360 g/mol. The molecule has 1 fully saturated rings. The maximum atomic E-state index is 13.8. The van der Waals surface area contributed by atoms with E-state index in [4.69, 9.17) is 4.74 Å². The molecule has 0 aromatic heterocycles. The lowest BCUT2D eigenvalue weighted by Crippen LogP contribution is -2.21. The van der Waals surface area contributed by atoms with Crippen molar-refractivity contribution in [3.05, 3.63) is 34.9 Å². The van der Waals surface area contributed by atoms with Gasteiger partial charge in [-0.25, -0.2) is 8.78 Å². The van der Waals surface area contributed by atoms with Crippen molar-refractivity contribution in [1.29, 1.82) is 0 Å². The molecule has 25 heavy (non-hydrogen) atoms. The van der Waals surface area contributed by atoms with Gasteiger partial charge in [0, 0.05) is 5.92 Å². The van der Waals surface area contributed by atoms with Crippen molar-refractivity contribution in [1.82, 2.24) is 0 Å². The summed E-state index contributed by atoms with van der Waals surface area (Å²) in [7, 11) is 0. The maximum Gasteiger partial charge on any atom is 0.458 e. The van der Waals surface area contributed by atoms with Gasteiger partial charge in [0.15, 0.2) is 0 Å². The van der Waals surface area contributed by atoms with Crippen molar-refractivity contribution >= 4 is 0 Å². The van der Waals surface area contributed by atoms with E-state index < -0.39 is 23.4 Å². The minimum Gasteiger partial charge on any atom is -0.374 e. The third-order valence-electron chi connectivity index (χ3n) is 4.41. The Morgan fingerprint density at radius 1 is 1.08 bits per heavy atom. The Kier molecular flexibility index (Phi) is 6.83. The lowest BCUT2D eigenvalue weighted by atomic mass is 9.85. The molecule has 0 unspecified atom stereocenters. The summed E-state index contributed by atoms with van der Waals surface area (Å²) >= 11 is 0. The summed E-state index contributed by atoms with van der Waals surface area (Å²) in [5.41, 5.74) is -0.621. The molecular weight excluding hydrogens is 339 g/mol. The molecule has 0 heterocycles. The van der Waals surface area contributed by atoms with Gasteiger partial charge in [-0.05, 0) is 49.3 Å². The largest absolute Gasteiger partial charge is 0.458 e. The topological polar surface area (TPSA) is 9.23 Å². The molecule has 2 rings (SSSR count). The van der Waals surface area contributed by atoms with Gasteiger partial charge in [-0.1, -0.05) is 25.7 Å². The summed E-state index contributed by atoms with van der Waals surface area (Å²) in [4.78, 5) is 0. The number of alkyl halides is 3. The van der Waals surface area contributed by atoms with E-state index in [-0.39, 0.29) is 18.3 Å². The van der Waals surface area contributed by atoms with Crippen LogP contribution in [-0.2, 0) is 11.3 Å². The van der Waals surface area contributed by atoms with Crippen molar-refractivity contribution in [2.75, 3.05) is 0 Å². The quantitative estimate of drug-likeness (QED) is 0.480. The second-order valence-electron chi connectivity index (χ2n) is 6.42. The Morgan fingerprint density at radius 2 is 1.68 bits per heavy atom. The summed E-state index contributed by atoms with van der Waals surface area (Å²) in [6, 6.07) is 1.96. The Morgan fingerprint density at radius 3 is 2.20 bits per heavy atom. The van der Waals surface area contributed by atoms with Crippen LogP contribution in [0.5, 0.6) is 0 Å². The molecule has 0 atom stereocenters. The summed E-state index contributed by atoms with van der Waals surface area (Å²) in [6.07, 6.45) is 1.67. The smallest absolute Gasteiger partial charge is 0.374 e. The SMILES string of the molecule is CCCC1CCC(OCc2cc(F)c(C#CC(F)(F)F)c(F)c2)CC1. The van der Waals surface area contributed by atoms with Crippen LogP contribution in [0.4, 0.5) is 22.0 Å². The van der Waals surface area contributed by atoms with Crippen molar-refractivity contribution in [3.63, 3.8) is 0 Å². The van der Waals surface area contributed by atoms with Gasteiger partial charge in [-0.2, -0.15) is 13.2 Å². The standard InChI is InChI=1S/C19H21F5O/c1-2-3-13-4-6-15(7-5-13)25-12-14-10-17(20)16(18(21)11-14)8-9-19(22,23)24/h10-11,13,15H,2-7,12H2,1H3. The van der Waals surface area contributed by atoms with Gasteiger partial charge >= 0.3 is 6.18 Å².